The van der Waals surface area contributed by atoms with Crippen molar-refractivity contribution in [2.45, 2.75) is 19.4 Å². The van der Waals surface area contributed by atoms with Crippen molar-refractivity contribution in [2.24, 2.45) is 0 Å². The summed E-state index contributed by atoms with van der Waals surface area (Å²) in [7, 11) is 5.39. The van der Waals surface area contributed by atoms with Crippen molar-refractivity contribution in [3.63, 3.8) is 0 Å². The third-order valence-corrected chi connectivity index (χ3v) is 4.36. The maximum absolute atomic E-state index is 12.3. The second kappa shape index (κ2) is 8.94. The summed E-state index contributed by atoms with van der Waals surface area (Å²) in [6.07, 6.45) is 0.134. The van der Waals surface area contributed by atoms with Crippen LogP contribution in [-0.2, 0) is 11.3 Å². The summed E-state index contributed by atoms with van der Waals surface area (Å²) >= 11 is 7.30. The maximum Gasteiger partial charge on any atom is 0.226 e. The van der Waals surface area contributed by atoms with Crippen LogP contribution in [-0.4, -0.2) is 42.8 Å². The van der Waals surface area contributed by atoms with Crippen LogP contribution in [0.15, 0.2) is 23.6 Å². The molecule has 2 aromatic rings. The van der Waals surface area contributed by atoms with Gasteiger partial charge in [-0.25, -0.2) is 4.98 Å². The first kappa shape index (κ1) is 19.4. The lowest BCUT2D eigenvalue weighted by Crippen LogP contribution is -2.14. The molecule has 6 nitrogen and oxygen atoms in total. The second-order valence-corrected chi connectivity index (χ2v) is 6.99. The van der Waals surface area contributed by atoms with Gasteiger partial charge in [0.05, 0.1) is 18.4 Å². The first-order valence-corrected chi connectivity index (χ1v) is 8.90. The number of halogens is 1. The molecule has 0 aliphatic rings. The quantitative estimate of drug-likeness (QED) is 0.709. The lowest BCUT2D eigenvalue weighted by molar-refractivity contribution is -0.116. The molecule has 0 saturated heterocycles. The van der Waals surface area contributed by atoms with Crippen LogP contribution in [0, 0.1) is 0 Å². The maximum atomic E-state index is 12.3. The van der Waals surface area contributed by atoms with Crippen LogP contribution in [0.3, 0.4) is 0 Å². The van der Waals surface area contributed by atoms with Gasteiger partial charge in [0, 0.05) is 29.8 Å². The fourth-order valence-corrected chi connectivity index (χ4v) is 3.09. The highest BCUT2D eigenvalue weighted by molar-refractivity contribution is 7.13. The number of amides is 1. The third-order valence-electron chi connectivity index (χ3n) is 3.32. The van der Waals surface area contributed by atoms with Crippen LogP contribution >= 0.6 is 22.9 Å². The lowest BCUT2D eigenvalue weighted by atomic mass is 10.1. The summed E-state index contributed by atoms with van der Waals surface area (Å²) in [5.41, 5.74) is 1.27. The third kappa shape index (κ3) is 5.81. The van der Waals surface area contributed by atoms with E-state index in [0.29, 0.717) is 28.0 Å². The zero-order valence-corrected chi connectivity index (χ0v) is 15.9. The van der Waals surface area contributed by atoms with Gasteiger partial charge in [0.2, 0.25) is 5.91 Å². The van der Waals surface area contributed by atoms with Gasteiger partial charge in [0.25, 0.3) is 0 Å². The van der Waals surface area contributed by atoms with Gasteiger partial charge in [-0.05, 0) is 32.3 Å². The van der Waals surface area contributed by atoms with Crippen LogP contribution in [0.4, 0.5) is 5.13 Å². The molecule has 0 aliphatic carbocycles. The Kier molecular flexibility index (Phi) is 6.92. The fourth-order valence-electron chi connectivity index (χ4n) is 2.20. The van der Waals surface area contributed by atoms with Gasteiger partial charge in [-0.2, -0.15) is 0 Å². The first-order valence-electron chi connectivity index (χ1n) is 7.64. The van der Waals surface area contributed by atoms with Gasteiger partial charge in [-0.3, -0.25) is 9.59 Å². The van der Waals surface area contributed by atoms with Gasteiger partial charge in [0.1, 0.15) is 5.75 Å². The van der Waals surface area contributed by atoms with Gasteiger partial charge < -0.3 is 15.0 Å². The molecule has 0 unspecified atom stereocenters. The SMILES string of the molecule is COc1ccc(Cl)cc1C(=O)CCC(=O)Nc1nc(CN(C)C)cs1. The van der Waals surface area contributed by atoms with Crippen molar-refractivity contribution < 1.29 is 14.3 Å². The molecule has 1 N–H and O–H groups in total. The number of nitrogens with zero attached hydrogens (tertiary/aromatic N) is 2. The number of Topliss-reactive ketones (excluding diaryl/α,β-unsaturated/α-hetero) is 1. The summed E-state index contributed by atoms with van der Waals surface area (Å²) in [5.74, 6) is 0.00472. The molecule has 1 amide bonds. The smallest absolute Gasteiger partial charge is 0.226 e. The van der Waals surface area contributed by atoms with E-state index in [9.17, 15) is 9.59 Å². The minimum Gasteiger partial charge on any atom is -0.496 e. The Morgan fingerprint density at radius 3 is 2.76 bits per heavy atom. The molecule has 0 spiro atoms. The molecule has 1 aromatic carbocycles. The van der Waals surface area contributed by atoms with E-state index < -0.39 is 0 Å². The molecule has 0 atom stereocenters. The highest BCUT2D eigenvalue weighted by atomic mass is 35.5. The second-order valence-electron chi connectivity index (χ2n) is 5.70. The van der Waals surface area contributed by atoms with Crippen LogP contribution in [0.2, 0.25) is 5.02 Å². The Morgan fingerprint density at radius 1 is 1.32 bits per heavy atom. The molecule has 8 heteroatoms. The highest BCUT2D eigenvalue weighted by Gasteiger charge is 2.15. The van der Waals surface area contributed by atoms with E-state index in [1.54, 1.807) is 18.2 Å². The lowest BCUT2D eigenvalue weighted by Gasteiger charge is -2.08. The molecule has 0 saturated carbocycles. The van der Waals surface area contributed by atoms with Crippen molar-refractivity contribution >= 4 is 39.8 Å². The predicted molar refractivity (Wildman–Crippen MR) is 99.7 cm³/mol. The normalized spacial score (nSPS) is 10.8. The van der Waals surface area contributed by atoms with E-state index in [2.05, 4.69) is 10.3 Å². The van der Waals surface area contributed by atoms with Gasteiger partial charge in [-0.15, -0.1) is 11.3 Å². The zero-order valence-electron chi connectivity index (χ0n) is 14.3. The molecule has 25 heavy (non-hydrogen) atoms. The number of carbonyl (C=O) groups is 2. The van der Waals surface area contributed by atoms with Crippen molar-refractivity contribution in [3.8, 4) is 5.75 Å². The average molecular weight is 382 g/mol. The van der Waals surface area contributed by atoms with Gasteiger partial charge in [-0.1, -0.05) is 11.6 Å². The number of anilines is 1. The molecule has 0 aliphatic heterocycles. The Hall–Kier alpha value is -1.96. The van der Waals surface area contributed by atoms with Crippen LogP contribution in [0.1, 0.15) is 28.9 Å². The Morgan fingerprint density at radius 2 is 2.08 bits per heavy atom. The number of methoxy groups -OCH3 is 1. The topological polar surface area (TPSA) is 71.5 Å². The molecule has 1 aromatic heterocycles. The average Bonchev–Trinajstić information content (AvgIpc) is 2.98. The summed E-state index contributed by atoms with van der Waals surface area (Å²) in [6.45, 7) is 0.708. The molecule has 1 heterocycles. The van der Waals surface area contributed by atoms with E-state index in [1.807, 2.05) is 24.4 Å². The summed E-state index contributed by atoms with van der Waals surface area (Å²) in [4.78, 5) is 30.7. The number of benzene rings is 1. The van der Waals surface area contributed by atoms with E-state index >= 15 is 0 Å². The van der Waals surface area contributed by atoms with Crippen molar-refractivity contribution in [1.82, 2.24) is 9.88 Å². The van der Waals surface area contributed by atoms with E-state index in [4.69, 9.17) is 16.3 Å². The Bertz CT molecular complexity index is 761. The number of thiazole rings is 1. The van der Waals surface area contributed by atoms with Crippen LogP contribution < -0.4 is 10.1 Å². The van der Waals surface area contributed by atoms with E-state index in [-0.39, 0.29) is 24.5 Å². The summed E-state index contributed by atoms with van der Waals surface area (Å²) < 4.78 is 5.17. The number of nitrogens with one attached hydrogen (secondary N) is 1. The van der Waals surface area contributed by atoms with Gasteiger partial charge in [0.15, 0.2) is 10.9 Å². The number of hydrogen-bond acceptors (Lipinski definition) is 6. The molecular formula is C17H20ClN3O3S. The molecule has 0 fully saturated rings. The highest BCUT2D eigenvalue weighted by Crippen LogP contribution is 2.24. The fraction of sp³-hybridized carbons (Fsp3) is 0.353. The standard InChI is InChI=1S/C17H20ClN3O3S/c1-21(2)9-12-10-25-17(19-12)20-16(23)7-5-14(22)13-8-11(18)4-6-15(13)24-3/h4,6,8,10H,5,7,9H2,1-3H3,(H,19,20,23). The number of rotatable bonds is 8. The van der Waals surface area contributed by atoms with Gasteiger partial charge >= 0.3 is 0 Å². The monoisotopic (exact) mass is 381 g/mol. The minimum atomic E-state index is -0.250. The summed E-state index contributed by atoms with van der Waals surface area (Å²) in [6, 6.07) is 4.84. The van der Waals surface area contributed by atoms with E-state index in [1.165, 1.54) is 18.4 Å². The van der Waals surface area contributed by atoms with Crippen molar-refractivity contribution in [1.29, 1.82) is 0 Å². The largest absolute Gasteiger partial charge is 0.496 e. The number of hydrogen-bond donors (Lipinski definition) is 1. The molecule has 0 radical (unpaired) electrons. The minimum absolute atomic E-state index is 0.0666. The number of ether oxygens (including phenoxy) is 1. The van der Waals surface area contributed by atoms with Crippen molar-refractivity contribution in [2.75, 3.05) is 26.5 Å². The number of ketones is 1. The predicted octanol–water partition coefficient (Wildman–Crippen LogP) is 3.47. The van der Waals surface area contributed by atoms with Crippen LogP contribution in [0.5, 0.6) is 5.75 Å². The molecule has 134 valence electrons. The Labute approximate surface area is 155 Å². The first-order chi connectivity index (χ1) is 11.9. The summed E-state index contributed by atoms with van der Waals surface area (Å²) in [5, 5.41) is 5.61. The number of aromatic nitrogens is 1. The van der Waals surface area contributed by atoms with Crippen molar-refractivity contribution in [3.05, 3.63) is 39.9 Å². The zero-order chi connectivity index (χ0) is 18.4. The molecule has 0 bridgehead atoms. The Balaban J connectivity index is 1.90. The number of carbonyl (C=O) groups excluding carboxylic acids is 2. The van der Waals surface area contributed by atoms with Crippen LogP contribution in [0.25, 0.3) is 0 Å². The van der Waals surface area contributed by atoms with E-state index in [0.717, 1.165) is 5.69 Å². The molecular weight excluding hydrogens is 362 g/mol. The molecule has 2 rings (SSSR count).